The number of amides is 2. The van der Waals surface area contributed by atoms with Gasteiger partial charge in [-0.2, -0.15) is 0 Å². The Hall–Kier alpha value is -2.11. The maximum atomic E-state index is 11.8. The SMILES string of the molecule is CCCNC(=O)Nc1cc(OCC)c(OCC)c(OCC)c1. The van der Waals surface area contributed by atoms with E-state index in [1.54, 1.807) is 12.1 Å². The topological polar surface area (TPSA) is 68.8 Å². The molecule has 0 aliphatic carbocycles. The number of hydrogen-bond acceptors (Lipinski definition) is 4. The lowest BCUT2D eigenvalue weighted by Gasteiger charge is -2.17. The Labute approximate surface area is 132 Å². The number of carbonyl (C=O) groups excluding carboxylic acids is 1. The van der Waals surface area contributed by atoms with Crippen LogP contribution in [0.5, 0.6) is 17.2 Å². The highest BCUT2D eigenvalue weighted by Crippen LogP contribution is 2.40. The smallest absolute Gasteiger partial charge is 0.319 e. The first-order valence-electron chi connectivity index (χ1n) is 7.77. The van der Waals surface area contributed by atoms with Crippen LogP contribution in [0.25, 0.3) is 0 Å². The molecule has 1 aromatic carbocycles. The van der Waals surface area contributed by atoms with Gasteiger partial charge in [-0.15, -0.1) is 0 Å². The Morgan fingerprint density at radius 3 is 1.95 bits per heavy atom. The zero-order chi connectivity index (χ0) is 16.4. The van der Waals surface area contributed by atoms with Crippen LogP contribution in [0.15, 0.2) is 12.1 Å². The van der Waals surface area contributed by atoms with Crippen LogP contribution in [0.4, 0.5) is 10.5 Å². The van der Waals surface area contributed by atoms with Crippen molar-refractivity contribution in [3.63, 3.8) is 0 Å². The molecule has 124 valence electrons. The van der Waals surface area contributed by atoms with Crippen LogP contribution < -0.4 is 24.8 Å². The van der Waals surface area contributed by atoms with Crippen molar-refractivity contribution in [2.45, 2.75) is 34.1 Å². The largest absolute Gasteiger partial charge is 0.490 e. The van der Waals surface area contributed by atoms with Crippen molar-refractivity contribution in [1.29, 1.82) is 0 Å². The van der Waals surface area contributed by atoms with E-state index in [4.69, 9.17) is 14.2 Å². The summed E-state index contributed by atoms with van der Waals surface area (Å²) in [5, 5.41) is 5.54. The van der Waals surface area contributed by atoms with Crippen molar-refractivity contribution < 1.29 is 19.0 Å². The molecule has 2 amide bonds. The molecule has 1 aromatic rings. The summed E-state index contributed by atoms with van der Waals surface area (Å²) >= 11 is 0. The fourth-order valence-electron chi connectivity index (χ4n) is 1.87. The lowest BCUT2D eigenvalue weighted by molar-refractivity contribution is 0.252. The summed E-state index contributed by atoms with van der Waals surface area (Å²) in [6, 6.07) is 3.22. The minimum absolute atomic E-state index is 0.254. The van der Waals surface area contributed by atoms with Crippen molar-refractivity contribution >= 4 is 11.7 Å². The summed E-state index contributed by atoms with van der Waals surface area (Å²) in [7, 11) is 0. The molecule has 2 N–H and O–H groups in total. The Bertz CT molecular complexity index is 450. The van der Waals surface area contributed by atoms with E-state index in [-0.39, 0.29) is 6.03 Å². The fraction of sp³-hybridized carbons (Fsp3) is 0.562. The average molecular weight is 310 g/mol. The molecule has 0 radical (unpaired) electrons. The van der Waals surface area contributed by atoms with Gasteiger partial charge in [0.25, 0.3) is 0 Å². The second kappa shape index (κ2) is 9.76. The molecule has 0 heterocycles. The Kier molecular flexibility index (Phi) is 7.96. The molecular weight excluding hydrogens is 284 g/mol. The van der Waals surface area contributed by atoms with Crippen molar-refractivity contribution in [2.75, 3.05) is 31.7 Å². The third kappa shape index (κ3) is 5.35. The highest BCUT2D eigenvalue weighted by molar-refractivity contribution is 5.90. The van der Waals surface area contributed by atoms with Gasteiger partial charge in [0, 0.05) is 18.7 Å². The number of carbonyl (C=O) groups is 1. The summed E-state index contributed by atoms with van der Waals surface area (Å²) in [6.07, 6.45) is 0.880. The summed E-state index contributed by atoms with van der Waals surface area (Å²) in [5.41, 5.74) is 0.601. The van der Waals surface area contributed by atoms with Gasteiger partial charge in [0.2, 0.25) is 5.75 Å². The molecule has 6 heteroatoms. The molecule has 22 heavy (non-hydrogen) atoms. The van der Waals surface area contributed by atoms with Gasteiger partial charge in [-0.05, 0) is 27.2 Å². The Balaban J connectivity index is 3.04. The van der Waals surface area contributed by atoms with Crippen LogP contribution in [0.2, 0.25) is 0 Å². The summed E-state index contributed by atoms with van der Waals surface area (Å²) in [5.74, 6) is 1.67. The molecule has 0 atom stereocenters. The van der Waals surface area contributed by atoms with E-state index in [0.29, 0.717) is 49.3 Å². The van der Waals surface area contributed by atoms with E-state index in [2.05, 4.69) is 10.6 Å². The van der Waals surface area contributed by atoms with Crippen LogP contribution >= 0.6 is 0 Å². The third-order valence-electron chi connectivity index (χ3n) is 2.70. The standard InChI is InChI=1S/C16H26N2O4/c1-5-9-17-16(19)18-12-10-13(20-6-2)15(22-8-4)14(11-12)21-7-3/h10-11H,5-9H2,1-4H3,(H2,17,18,19). The van der Waals surface area contributed by atoms with Crippen LogP contribution in [0, 0.1) is 0 Å². The molecule has 0 unspecified atom stereocenters. The quantitative estimate of drug-likeness (QED) is 0.733. The van der Waals surface area contributed by atoms with Gasteiger partial charge in [-0.1, -0.05) is 6.92 Å². The first-order chi connectivity index (χ1) is 10.7. The Morgan fingerprint density at radius 2 is 1.50 bits per heavy atom. The predicted molar refractivity (Wildman–Crippen MR) is 87.3 cm³/mol. The van der Waals surface area contributed by atoms with Gasteiger partial charge in [0.15, 0.2) is 11.5 Å². The van der Waals surface area contributed by atoms with Crippen LogP contribution in [0.1, 0.15) is 34.1 Å². The van der Waals surface area contributed by atoms with Crippen molar-refractivity contribution in [3.8, 4) is 17.2 Å². The van der Waals surface area contributed by atoms with E-state index in [0.717, 1.165) is 6.42 Å². The average Bonchev–Trinajstić information content (AvgIpc) is 2.49. The minimum atomic E-state index is -0.254. The van der Waals surface area contributed by atoms with Gasteiger partial charge < -0.3 is 24.8 Å². The Morgan fingerprint density at radius 1 is 0.955 bits per heavy atom. The van der Waals surface area contributed by atoms with E-state index in [1.807, 2.05) is 27.7 Å². The van der Waals surface area contributed by atoms with Gasteiger partial charge in [-0.3, -0.25) is 0 Å². The summed E-state index contributed by atoms with van der Waals surface area (Å²) in [4.78, 5) is 11.8. The number of ether oxygens (including phenoxy) is 3. The number of anilines is 1. The van der Waals surface area contributed by atoms with E-state index in [9.17, 15) is 4.79 Å². The molecule has 0 fully saturated rings. The molecule has 0 bridgehead atoms. The highest BCUT2D eigenvalue weighted by Gasteiger charge is 2.15. The summed E-state index contributed by atoms with van der Waals surface area (Å²) in [6.45, 7) is 9.80. The first-order valence-corrected chi connectivity index (χ1v) is 7.77. The zero-order valence-corrected chi connectivity index (χ0v) is 13.8. The molecule has 0 aromatic heterocycles. The summed E-state index contributed by atoms with van der Waals surface area (Å²) < 4.78 is 16.8. The third-order valence-corrected chi connectivity index (χ3v) is 2.70. The zero-order valence-electron chi connectivity index (χ0n) is 13.8. The maximum absolute atomic E-state index is 11.8. The molecule has 0 aliphatic rings. The van der Waals surface area contributed by atoms with Crippen molar-refractivity contribution in [2.24, 2.45) is 0 Å². The fourth-order valence-corrected chi connectivity index (χ4v) is 1.87. The molecule has 6 nitrogen and oxygen atoms in total. The minimum Gasteiger partial charge on any atom is -0.490 e. The lowest BCUT2D eigenvalue weighted by Crippen LogP contribution is -2.29. The maximum Gasteiger partial charge on any atom is 0.319 e. The van der Waals surface area contributed by atoms with Gasteiger partial charge in [-0.25, -0.2) is 4.79 Å². The van der Waals surface area contributed by atoms with E-state index in [1.165, 1.54) is 0 Å². The molecule has 0 saturated heterocycles. The predicted octanol–water partition coefficient (Wildman–Crippen LogP) is 3.41. The van der Waals surface area contributed by atoms with Crippen molar-refractivity contribution in [3.05, 3.63) is 12.1 Å². The first kappa shape index (κ1) is 17.9. The second-order valence-corrected chi connectivity index (χ2v) is 4.48. The van der Waals surface area contributed by atoms with Gasteiger partial charge >= 0.3 is 6.03 Å². The number of urea groups is 1. The molecule has 1 rings (SSSR count). The molecule has 0 saturated carbocycles. The molecular formula is C16H26N2O4. The van der Waals surface area contributed by atoms with Crippen LogP contribution in [-0.2, 0) is 0 Å². The second-order valence-electron chi connectivity index (χ2n) is 4.48. The van der Waals surface area contributed by atoms with Crippen molar-refractivity contribution in [1.82, 2.24) is 5.32 Å². The number of benzene rings is 1. The van der Waals surface area contributed by atoms with E-state index < -0.39 is 0 Å². The lowest BCUT2D eigenvalue weighted by atomic mass is 10.2. The number of nitrogens with one attached hydrogen (secondary N) is 2. The molecule has 0 spiro atoms. The van der Waals surface area contributed by atoms with Gasteiger partial charge in [0.05, 0.1) is 25.5 Å². The number of hydrogen-bond donors (Lipinski definition) is 2. The van der Waals surface area contributed by atoms with E-state index >= 15 is 0 Å². The molecule has 0 aliphatic heterocycles. The number of rotatable bonds is 9. The monoisotopic (exact) mass is 310 g/mol. The van der Waals surface area contributed by atoms with Crippen LogP contribution in [-0.4, -0.2) is 32.4 Å². The van der Waals surface area contributed by atoms with Crippen LogP contribution in [0.3, 0.4) is 0 Å². The highest BCUT2D eigenvalue weighted by atomic mass is 16.5. The van der Waals surface area contributed by atoms with Gasteiger partial charge in [0.1, 0.15) is 0 Å². The normalized spacial score (nSPS) is 10.0.